The summed E-state index contributed by atoms with van der Waals surface area (Å²) in [6.07, 6.45) is 3.31. The summed E-state index contributed by atoms with van der Waals surface area (Å²) in [6.45, 7) is 4.36. The summed E-state index contributed by atoms with van der Waals surface area (Å²) >= 11 is 0. The van der Waals surface area contributed by atoms with Gasteiger partial charge in [-0.05, 0) is 26.0 Å². The zero-order valence-corrected chi connectivity index (χ0v) is 10.9. The van der Waals surface area contributed by atoms with Gasteiger partial charge in [0.1, 0.15) is 0 Å². The molecule has 1 aromatic heterocycles. The highest BCUT2D eigenvalue weighted by molar-refractivity contribution is 5.87. The first kappa shape index (κ1) is 14.0. The Morgan fingerprint density at radius 2 is 2.39 bits per heavy atom. The van der Waals surface area contributed by atoms with Gasteiger partial charge in [-0.3, -0.25) is 9.67 Å². The molecule has 2 N–H and O–H groups in total. The summed E-state index contributed by atoms with van der Waals surface area (Å²) in [6, 6.07) is 1.68. The van der Waals surface area contributed by atoms with Gasteiger partial charge in [0, 0.05) is 24.7 Å². The summed E-state index contributed by atoms with van der Waals surface area (Å²) < 4.78 is 6.54. The number of allylic oxidation sites excluding steroid dienone is 2. The lowest BCUT2D eigenvalue weighted by atomic mass is 10.3. The molecule has 18 heavy (non-hydrogen) atoms. The standard InChI is InChI=1S/C12H18N4O2/c1-4-18-12(17)11-7-9(2)16(15-11)8-10(13)5-6-14-3/h5-7H,4,8,13H2,1-3H3. The molecule has 0 aliphatic rings. The normalized spacial score (nSPS) is 12.1. The van der Waals surface area contributed by atoms with Crippen LogP contribution < -0.4 is 5.73 Å². The quantitative estimate of drug-likeness (QED) is 0.622. The summed E-state index contributed by atoms with van der Waals surface area (Å²) in [5.41, 5.74) is 7.56. The first-order valence-electron chi connectivity index (χ1n) is 5.66. The number of esters is 1. The van der Waals surface area contributed by atoms with E-state index < -0.39 is 5.97 Å². The molecule has 1 rings (SSSR count). The van der Waals surface area contributed by atoms with Gasteiger partial charge in [0.05, 0.1) is 13.2 Å². The van der Waals surface area contributed by atoms with Gasteiger partial charge in [0.25, 0.3) is 0 Å². The third-order valence-corrected chi connectivity index (χ3v) is 2.24. The van der Waals surface area contributed by atoms with Crippen LogP contribution in [0.1, 0.15) is 23.1 Å². The molecule has 6 heteroatoms. The molecule has 1 aromatic rings. The van der Waals surface area contributed by atoms with Crippen molar-refractivity contribution in [1.82, 2.24) is 9.78 Å². The highest BCUT2D eigenvalue weighted by atomic mass is 16.5. The van der Waals surface area contributed by atoms with Crippen LogP contribution in [0.2, 0.25) is 0 Å². The fraction of sp³-hybridized carbons (Fsp3) is 0.417. The van der Waals surface area contributed by atoms with Crippen LogP contribution in [-0.2, 0) is 11.3 Å². The number of nitrogens with two attached hydrogens (primary N) is 1. The number of aromatic nitrogens is 2. The van der Waals surface area contributed by atoms with Crippen molar-refractivity contribution in [2.75, 3.05) is 13.7 Å². The van der Waals surface area contributed by atoms with Crippen molar-refractivity contribution in [2.45, 2.75) is 20.4 Å². The van der Waals surface area contributed by atoms with E-state index in [1.807, 2.05) is 6.92 Å². The van der Waals surface area contributed by atoms with Crippen LogP contribution in [0.5, 0.6) is 0 Å². The van der Waals surface area contributed by atoms with Gasteiger partial charge in [-0.15, -0.1) is 0 Å². The van der Waals surface area contributed by atoms with Crippen molar-refractivity contribution >= 4 is 12.2 Å². The molecule has 0 saturated heterocycles. The van der Waals surface area contributed by atoms with Crippen molar-refractivity contribution in [2.24, 2.45) is 10.7 Å². The smallest absolute Gasteiger partial charge is 0.358 e. The molecule has 0 saturated carbocycles. The van der Waals surface area contributed by atoms with Gasteiger partial charge in [-0.1, -0.05) is 0 Å². The average molecular weight is 250 g/mol. The van der Waals surface area contributed by atoms with E-state index in [9.17, 15) is 4.79 Å². The number of aryl methyl sites for hydroxylation is 1. The van der Waals surface area contributed by atoms with Crippen LogP contribution in [0.4, 0.5) is 0 Å². The van der Waals surface area contributed by atoms with Crippen molar-refractivity contribution in [1.29, 1.82) is 0 Å². The van der Waals surface area contributed by atoms with Gasteiger partial charge in [0.15, 0.2) is 5.69 Å². The molecule has 6 nitrogen and oxygen atoms in total. The number of ether oxygens (including phenoxy) is 1. The number of hydrogen-bond acceptors (Lipinski definition) is 5. The van der Waals surface area contributed by atoms with E-state index in [1.54, 1.807) is 37.0 Å². The summed E-state index contributed by atoms with van der Waals surface area (Å²) in [7, 11) is 1.67. The van der Waals surface area contributed by atoms with Gasteiger partial charge in [-0.25, -0.2) is 4.79 Å². The van der Waals surface area contributed by atoms with Crippen molar-refractivity contribution in [3.05, 3.63) is 29.2 Å². The van der Waals surface area contributed by atoms with Gasteiger partial charge in [0.2, 0.25) is 0 Å². The van der Waals surface area contributed by atoms with Crippen molar-refractivity contribution in [3.8, 4) is 0 Å². The Morgan fingerprint density at radius 3 is 3.00 bits per heavy atom. The summed E-state index contributed by atoms with van der Waals surface area (Å²) in [5.74, 6) is -0.419. The molecule has 0 aliphatic carbocycles. The van der Waals surface area contributed by atoms with Crippen LogP contribution >= 0.6 is 0 Å². The minimum Gasteiger partial charge on any atom is -0.461 e. The Morgan fingerprint density at radius 1 is 1.67 bits per heavy atom. The van der Waals surface area contributed by atoms with E-state index in [-0.39, 0.29) is 0 Å². The molecule has 98 valence electrons. The molecule has 0 aromatic carbocycles. The van der Waals surface area contributed by atoms with Crippen LogP contribution in [-0.4, -0.2) is 35.6 Å². The highest BCUT2D eigenvalue weighted by Crippen LogP contribution is 2.06. The SMILES string of the molecule is CCOC(=O)c1cc(C)n(CC(N)=CC=NC)n1. The molecule has 0 fully saturated rings. The van der Waals surface area contributed by atoms with Crippen molar-refractivity contribution < 1.29 is 9.53 Å². The lowest BCUT2D eigenvalue weighted by molar-refractivity contribution is 0.0518. The predicted octanol–water partition coefficient (Wildman–Crippen LogP) is 0.911. The minimum atomic E-state index is -0.419. The van der Waals surface area contributed by atoms with Gasteiger partial charge >= 0.3 is 5.97 Å². The lowest BCUT2D eigenvalue weighted by Gasteiger charge is -2.03. The van der Waals surface area contributed by atoms with E-state index in [0.717, 1.165) is 5.69 Å². The maximum Gasteiger partial charge on any atom is 0.358 e. The zero-order chi connectivity index (χ0) is 13.5. The fourth-order valence-corrected chi connectivity index (χ4v) is 1.37. The van der Waals surface area contributed by atoms with Crippen LogP contribution in [0.15, 0.2) is 22.8 Å². The van der Waals surface area contributed by atoms with E-state index in [4.69, 9.17) is 10.5 Å². The molecule has 0 aliphatic heterocycles. The largest absolute Gasteiger partial charge is 0.461 e. The molecule has 0 spiro atoms. The maximum atomic E-state index is 11.5. The Balaban J connectivity index is 2.82. The zero-order valence-electron chi connectivity index (χ0n) is 10.9. The van der Waals surface area contributed by atoms with Crippen LogP contribution in [0.25, 0.3) is 0 Å². The highest BCUT2D eigenvalue weighted by Gasteiger charge is 2.13. The third kappa shape index (κ3) is 3.73. The minimum absolute atomic E-state index is 0.298. The second kappa shape index (κ2) is 6.58. The number of hydrogen-bond donors (Lipinski definition) is 1. The third-order valence-electron chi connectivity index (χ3n) is 2.24. The second-order valence-electron chi connectivity index (χ2n) is 3.70. The monoisotopic (exact) mass is 250 g/mol. The molecular formula is C12H18N4O2. The maximum absolute atomic E-state index is 11.5. The Hall–Kier alpha value is -2.11. The second-order valence-corrected chi connectivity index (χ2v) is 3.70. The Kier molecular flexibility index (Phi) is 5.10. The summed E-state index contributed by atoms with van der Waals surface area (Å²) in [4.78, 5) is 15.3. The number of carbonyl (C=O) groups excluding carboxylic acids is 1. The fourth-order valence-electron chi connectivity index (χ4n) is 1.37. The first-order valence-corrected chi connectivity index (χ1v) is 5.66. The topological polar surface area (TPSA) is 82.5 Å². The lowest BCUT2D eigenvalue weighted by Crippen LogP contribution is -2.12. The average Bonchev–Trinajstić information content (AvgIpc) is 2.69. The van der Waals surface area contributed by atoms with E-state index in [0.29, 0.717) is 24.5 Å². The molecule has 0 radical (unpaired) electrons. The van der Waals surface area contributed by atoms with Crippen LogP contribution in [0.3, 0.4) is 0 Å². The summed E-state index contributed by atoms with van der Waals surface area (Å²) in [5, 5.41) is 4.15. The van der Waals surface area contributed by atoms with Crippen LogP contribution in [0, 0.1) is 6.92 Å². The van der Waals surface area contributed by atoms with Gasteiger partial charge < -0.3 is 10.5 Å². The van der Waals surface area contributed by atoms with Gasteiger partial charge in [-0.2, -0.15) is 5.10 Å². The molecule has 1 heterocycles. The molecule has 0 unspecified atom stereocenters. The molecule has 0 atom stereocenters. The molecule has 0 bridgehead atoms. The van der Waals surface area contributed by atoms with E-state index >= 15 is 0 Å². The Labute approximate surface area is 106 Å². The molecular weight excluding hydrogens is 232 g/mol. The number of rotatable bonds is 5. The number of carbonyl (C=O) groups is 1. The predicted molar refractivity (Wildman–Crippen MR) is 69.6 cm³/mol. The Bertz CT molecular complexity index is 474. The number of aliphatic imine (C=N–C) groups is 1. The van der Waals surface area contributed by atoms with E-state index in [1.165, 1.54) is 0 Å². The van der Waals surface area contributed by atoms with Crippen molar-refractivity contribution in [3.63, 3.8) is 0 Å². The molecule has 0 amide bonds. The van der Waals surface area contributed by atoms with E-state index in [2.05, 4.69) is 10.1 Å². The first-order chi connectivity index (χ1) is 8.58. The number of nitrogens with zero attached hydrogens (tertiary/aromatic N) is 3.